The van der Waals surface area contributed by atoms with Crippen LogP contribution in [-0.4, -0.2) is 5.91 Å². The van der Waals surface area contributed by atoms with Crippen LogP contribution in [0.3, 0.4) is 0 Å². The molecule has 0 fully saturated rings. The quantitative estimate of drug-likeness (QED) is 0.904. The second-order valence-electron chi connectivity index (χ2n) is 5.12. The second kappa shape index (κ2) is 7.07. The van der Waals surface area contributed by atoms with Gasteiger partial charge in [0, 0.05) is 17.1 Å². The average molecular weight is 323 g/mol. The smallest absolute Gasteiger partial charge is 0.265 e. The van der Waals surface area contributed by atoms with E-state index in [2.05, 4.69) is 11.4 Å². The van der Waals surface area contributed by atoms with Gasteiger partial charge in [-0.05, 0) is 55.0 Å². The van der Waals surface area contributed by atoms with Gasteiger partial charge in [0.2, 0.25) is 0 Å². The summed E-state index contributed by atoms with van der Waals surface area (Å²) in [6.45, 7) is 0.520. The van der Waals surface area contributed by atoms with Crippen LogP contribution in [0.1, 0.15) is 38.5 Å². The zero-order chi connectivity index (χ0) is 13.9. The van der Waals surface area contributed by atoms with Gasteiger partial charge >= 0.3 is 0 Å². The molecule has 0 aliphatic heterocycles. The summed E-state index contributed by atoms with van der Waals surface area (Å²) < 4.78 is 0. The van der Waals surface area contributed by atoms with Gasteiger partial charge in [-0.3, -0.25) is 4.79 Å². The number of halogens is 1. The van der Waals surface area contributed by atoms with Crippen molar-refractivity contribution in [3.8, 4) is 0 Å². The zero-order valence-corrected chi connectivity index (χ0v) is 13.4. The number of carbonyl (C=O) groups excluding carboxylic acids is 1. The Morgan fingerprint density at radius 2 is 1.90 bits per heavy atom. The first-order valence-electron chi connectivity index (χ1n) is 6.98. The Hall–Kier alpha value is -1.36. The van der Waals surface area contributed by atoms with Crippen molar-refractivity contribution in [3.05, 3.63) is 51.2 Å². The number of anilines is 1. The molecule has 0 atom stereocenters. The fourth-order valence-corrected chi connectivity index (χ4v) is 3.67. The number of hydrogen-bond donors (Lipinski definition) is 2. The predicted octanol–water partition coefficient (Wildman–Crippen LogP) is 3.76. The van der Waals surface area contributed by atoms with Crippen LogP contribution in [0.2, 0.25) is 0 Å². The predicted molar refractivity (Wildman–Crippen MR) is 90.5 cm³/mol. The molecular formula is C16H19ClN2OS. The van der Waals surface area contributed by atoms with Crippen molar-refractivity contribution in [2.75, 3.05) is 5.32 Å². The molecule has 1 amide bonds. The maximum Gasteiger partial charge on any atom is 0.265 e. The van der Waals surface area contributed by atoms with Crippen LogP contribution in [0.5, 0.6) is 0 Å². The number of rotatable bonds is 3. The number of fused-ring (bicyclic) bond motifs is 1. The highest BCUT2D eigenvalue weighted by atomic mass is 35.5. The van der Waals surface area contributed by atoms with E-state index in [4.69, 9.17) is 5.73 Å². The van der Waals surface area contributed by atoms with E-state index in [0.717, 1.165) is 29.0 Å². The first-order valence-corrected chi connectivity index (χ1v) is 7.80. The van der Waals surface area contributed by atoms with Gasteiger partial charge in [-0.2, -0.15) is 0 Å². The fourth-order valence-electron chi connectivity index (χ4n) is 2.52. The van der Waals surface area contributed by atoms with E-state index in [1.54, 1.807) is 11.3 Å². The van der Waals surface area contributed by atoms with Crippen molar-refractivity contribution in [2.45, 2.75) is 32.2 Å². The normalized spacial score (nSPS) is 13.2. The maximum atomic E-state index is 12.3. The summed E-state index contributed by atoms with van der Waals surface area (Å²) in [6, 6.07) is 9.73. The van der Waals surface area contributed by atoms with Crippen molar-refractivity contribution in [1.29, 1.82) is 0 Å². The molecule has 0 unspecified atom stereocenters. The molecule has 21 heavy (non-hydrogen) atoms. The molecule has 2 aromatic rings. The van der Waals surface area contributed by atoms with E-state index >= 15 is 0 Å². The first-order chi connectivity index (χ1) is 9.76. The molecule has 1 aromatic carbocycles. The molecule has 1 aliphatic rings. The summed E-state index contributed by atoms with van der Waals surface area (Å²) in [5.41, 5.74) is 8.81. The summed E-state index contributed by atoms with van der Waals surface area (Å²) in [6.07, 6.45) is 4.73. The lowest BCUT2D eigenvalue weighted by Gasteiger charge is -2.08. The number of amides is 1. The molecule has 0 spiro atoms. The van der Waals surface area contributed by atoms with E-state index in [0.29, 0.717) is 6.54 Å². The lowest BCUT2D eigenvalue weighted by molar-refractivity contribution is 0.103. The summed E-state index contributed by atoms with van der Waals surface area (Å²) in [4.78, 5) is 14.5. The highest BCUT2D eigenvalue weighted by Gasteiger charge is 2.17. The van der Waals surface area contributed by atoms with E-state index in [-0.39, 0.29) is 18.3 Å². The largest absolute Gasteiger partial charge is 0.326 e. The van der Waals surface area contributed by atoms with Crippen LogP contribution in [0.4, 0.5) is 5.69 Å². The molecule has 1 aliphatic carbocycles. The number of nitrogens with two attached hydrogens (primary N) is 1. The van der Waals surface area contributed by atoms with Gasteiger partial charge < -0.3 is 11.1 Å². The summed E-state index contributed by atoms with van der Waals surface area (Å²) in [7, 11) is 0. The van der Waals surface area contributed by atoms with Gasteiger partial charge in [0.05, 0.1) is 4.88 Å². The third kappa shape index (κ3) is 3.64. The van der Waals surface area contributed by atoms with E-state index in [1.165, 1.54) is 23.3 Å². The first kappa shape index (κ1) is 16.0. The molecule has 0 radical (unpaired) electrons. The lowest BCUT2D eigenvalue weighted by Crippen LogP contribution is -2.10. The zero-order valence-electron chi connectivity index (χ0n) is 11.7. The molecule has 0 bridgehead atoms. The van der Waals surface area contributed by atoms with Gasteiger partial charge in [0.1, 0.15) is 0 Å². The van der Waals surface area contributed by atoms with Crippen LogP contribution in [-0.2, 0) is 19.4 Å². The minimum Gasteiger partial charge on any atom is -0.326 e. The van der Waals surface area contributed by atoms with Crippen molar-refractivity contribution in [2.24, 2.45) is 5.73 Å². The SMILES string of the molecule is Cl.NCc1ccc(NC(=O)c2cc3c(s2)CCCC3)cc1. The molecule has 0 saturated heterocycles. The van der Waals surface area contributed by atoms with Crippen LogP contribution in [0.15, 0.2) is 30.3 Å². The Labute approximate surface area is 135 Å². The Morgan fingerprint density at radius 3 is 2.57 bits per heavy atom. The Balaban J connectivity index is 0.00000161. The van der Waals surface area contributed by atoms with Gasteiger partial charge in [-0.15, -0.1) is 23.7 Å². The van der Waals surface area contributed by atoms with Gasteiger partial charge in [-0.1, -0.05) is 12.1 Å². The number of benzene rings is 1. The molecule has 0 saturated carbocycles. The maximum absolute atomic E-state index is 12.3. The molecule has 3 N–H and O–H groups in total. The van der Waals surface area contributed by atoms with Crippen LogP contribution >= 0.6 is 23.7 Å². The summed E-state index contributed by atoms with van der Waals surface area (Å²) in [5.74, 6) is -0.00935. The minimum atomic E-state index is -0.00935. The van der Waals surface area contributed by atoms with Gasteiger partial charge in [-0.25, -0.2) is 0 Å². The molecule has 3 rings (SSSR count). The molecular weight excluding hydrogens is 304 g/mol. The number of thiophene rings is 1. The Morgan fingerprint density at radius 1 is 1.19 bits per heavy atom. The number of carbonyl (C=O) groups is 1. The lowest BCUT2D eigenvalue weighted by atomic mass is 9.99. The van der Waals surface area contributed by atoms with Crippen molar-refractivity contribution >= 4 is 35.3 Å². The summed E-state index contributed by atoms with van der Waals surface area (Å²) in [5, 5.41) is 2.95. The van der Waals surface area contributed by atoms with Crippen LogP contribution < -0.4 is 11.1 Å². The highest BCUT2D eigenvalue weighted by molar-refractivity contribution is 7.14. The molecule has 3 nitrogen and oxygen atoms in total. The number of hydrogen-bond acceptors (Lipinski definition) is 3. The Kier molecular flexibility index (Phi) is 5.39. The average Bonchev–Trinajstić information content (AvgIpc) is 2.92. The van der Waals surface area contributed by atoms with Crippen LogP contribution in [0.25, 0.3) is 0 Å². The molecule has 1 aromatic heterocycles. The molecule has 112 valence electrons. The van der Waals surface area contributed by atoms with Gasteiger partial charge in [0.15, 0.2) is 0 Å². The van der Waals surface area contributed by atoms with Crippen LogP contribution in [0, 0.1) is 0 Å². The Bertz CT molecular complexity index is 598. The highest BCUT2D eigenvalue weighted by Crippen LogP contribution is 2.30. The topological polar surface area (TPSA) is 55.1 Å². The van der Waals surface area contributed by atoms with Crippen molar-refractivity contribution in [3.63, 3.8) is 0 Å². The third-order valence-electron chi connectivity index (χ3n) is 3.67. The monoisotopic (exact) mass is 322 g/mol. The number of nitrogens with one attached hydrogen (secondary N) is 1. The fraction of sp³-hybridized carbons (Fsp3) is 0.312. The van der Waals surface area contributed by atoms with Crippen molar-refractivity contribution in [1.82, 2.24) is 0 Å². The standard InChI is InChI=1S/C16H18N2OS.ClH/c17-10-11-5-7-13(8-6-11)18-16(19)15-9-12-3-1-2-4-14(12)20-15;/h5-9H,1-4,10,17H2,(H,18,19);1H. The van der Waals surface area contributed by atoms with Gasteiger partial charge in [0.25, 0.3) is 5.91 Å². The third-order valence-corrected chi connectivity index (χ3v) is 4.90. The molecule has 1 heterocycles. The molecule has 5 heteroatoms. The summed E-state index contributed by atoms with van der Waals surface area (Å²) >= 11 is 1.64. The van der Waals surface area contributed by atoms with E-state index in [9.17, 15) is 4.79 Å². The van der Waals surface area contributed by atoms with E-state index < -0.39 is 0 Å². The number of aryl methyl sites for hydroxylation is 2. The van der Waals surface area contributed by atoms with E-state index in [1.807, 2.05) is 24.3 Å². The second-order valence-corrected chi connectivity index (χ2v) is 6.26. The minimum absolute atomic E-state index is 0. The van der Waals surface area contributed by atoms with Crippen molar-refractivity contribution < 1.29 is 4.79 Å².